The lowest BCUT2D eigenvalue weighted by molar-refractivity contribution is 0.571. The number of hydrogen-bond donors (Lipinski definition) is 2. The summed E-state index contributed by atoms with van der Waals surface area (Å²) in [5.74, 6) is -1.75. The van der Waals surface area contributed by atoms with Crippen molar-refractivity contribution in [2.24, 2.45) is 0 Å². The van der Waals surface area contributed by atoms with Gasteiger partial charge in [-0.05, 0) is 30.3 Å². The Labute approximate surface area is 119 Å². The molecule has 0 saturated heterocycles. The molecule has 0 amide bonds. The smallest absolute Gasteiger partial charge is 0.264 e. The highest BCUT2D eigenvalue weighted by atomic mass is 35.5. The average molecular weight is 319 g/mol. The maximum Gasteiger partial charge on any atom is 0.264 e. The highest BCUT2D eigenvalue weighted by Crippen LogP contribution is 2.27. The summed E-state index contributed by atoms with van der Waals surface area (Å²) in [6, 6.07) is 6.78. The van der Waals surface area contributed by atoms with Gasteiger partial charge in [-0.1, -0.05) is 17.7 Å². The average Bonchev–Trinajstić information content (AvgIpc) is 2.33. The molecule has 2 aromatic carbocycles. The van der Waals surface area contributed by atoms with E-state index < -0.39 is 31.6 Å². The van der Waals surface area contributed by atoms with Crippen LogP contribution in [0.25, 0.3) is 0 Å². The largest absolute Gasteiger partial charge is 0.399 e. The van der Waals surface area contributed by atoms with E-state index in [1.807, 2.05) is 4.72 Å². The molecule has 106 valence electrons. The van der Waals surface area contributed by atoms with E-state index in [4.69, 9.17) is 17.3 Å². The van der Waals surface area contributed by atoms with Crippen LogP contribution in [-0.4, -0.2) is 8.42 Å². The van der Waals surface area contributed by atoms with Gasteiger partial charge in [-0.2, -0.15) is 0 Å². The second kappa shape index (κ2) is 5.26. The summed E-state index contributed by atoms with van der Waals surface area (Å²) in [6.07, 6.45) is 0. The van der Waals surface area contributed by atoms with E-state index in [1.165, 1.54) is 12.1 Å². The van der Waals surface area contributed by atoms with Crippen LogP contribution >= 0.6 is 11.6 Å². The van der Waals surface area contributed by atoms with E-state index in [0.717, 1.165) is 24.3 Å². The van der Waals surface area contributed by atoms with Gasteiger partial charge in [-0.3, -0.25) is 4.72 Å². The quantitative estimate of drug-likeness (QED) is 0.854. The summed E-state index contributed by atoms with van der Waals surface area (Å²) in [5.41, 5.74) is 5.40. The lowest BCUT2D eigenvalue weighted by Crippen LogP contribution is -2.15. The zero-order valence-electron chi connectivity index (χ0n) is 9.90. The molecule has 8 heteroatoms. The van der Waals surface area contributed by atoms with Gasteiger partial charge >= 0.3 is 0 Å². The number of nitrogens with two attached hydrogens (primary N) is 1. The van der Waals surface area contributed by atoms with E-state index in [2.05, 4.69) is 0 Å². The predicted octanol–water partition coefficient (Wildman–Crippen LogP) is 3.00. The Morgan fingerprint density at radius 2 is 1.85 bits per heavy atom. The number of nitrogens with one attached hydrogen (secondary N) is 1. The number of nitrogen functional groups attached to an aromatic ring is 1. The molecule has 0 saturated carbocycles. The van der Waals surface area contributed by atoms with Crippen molar-refractivity contribution < 1.29 is 17.2 Å². The van der Waals surface area contributed by atoms with E-state index in [-0.39, 0.29) is 11.4 Å². The summed E-state index contributed by atoms with van der Waals surface area (Å²) >= 11 is 5.55. The summed E-state index contributed by atoms with van der Waals surface area (Å²) < 4.78 is 52.9. The monoisotopic (exact) mass is 318 g/mol. The highest BCUT2D eigenvalue weighted by molar-refractivity contribution is 7.92. The molecular formula is C12H9ClF2N2O2S. The molecule has 0 aromatic heterocycles. The Balaban J connectivity index is 2.46. The fourth-order valence-electron chi connectivity index (χ4n) is 1.54. The minimum Gasteiger partial charge on any atom is -0.399 e. The van der Waals surface area contributed by atoms with Crippen molar-refractivity contribution in [1.82, 2.24) is 0 Å². The van der Waals surface area contributed by atoms with Gasteiger partial charge in [0.2, 0.25) is 0 Å². The third-order valence-electron chi connectivity index (χ3n) is 2.38. The molecule has 0 aliphatic carbocycles. The van der Waals surface area contributed by atoms with Crippen molar-refractivity contribution in [3.63, 3.8) is 0 Å². The maximum atomic E-state index is 13.8. The Morgan fingerprint density at radius 1 is 1.15 bits per heavy atom. The fraction of sp³-hybridized carbons (Fsp3) is 0. The number of sulfonamides is 1. The molecule has 4 nitrogen and oxygen atoms in total. The zero-order valence-corrected chi connectivity index (χ0v) is 11.5. The molecule has 2 rings (SSSR count). The zero-order chi connectivity index (χ0) is 14.9. The van der Waals surface area contributed by atoms with Crippen LogP contribution in [0.2, 0.25) is 5.02 Å². The van der Waals surface area contributed by atoms with Crippen molar-refractivity contribution in [3.05, 3.63) is 53.1 Å². The summed E-state index contributed by atoms with van der Waals surface area (Å²) in [5, 5.41) is -0.412. The molecule has 0 fully saturated rings. The van der Waals surface area contributed by atoms with E-state index in [9.17, 15) is 17.2 Å². The first-order valence-corrected chi connectivity index (χ1v) is 7.18. The number of benzene rings is 2. The van der Waals surface area contributed by atoms with Crippen LogP contribution in [0.15, 0.2) is 41.3 Å². The van der Waals surface area contributed by atoms with Gasteiger partial charge < -0.3 is 5.73 Å². The van der Waals surface area contributed by atoms with Crippen molar-refractivity contribution in [2.75, 3.05) is 10.5 Å². The first kappa shape index (κ1) is 14.5. The van der Waals surface area contributed by atoms with E-state index in [1.54, 1.807) is 0 Å². The lowest BCUT2D eigenvalue weighted by atomic mass is 10.3. The Kier molecular flexibility index (Phi) is 3.82. The molecule has 3 N–H and O–H groups in total. The van der Waals surface area contributed by atoms with Crippen LogP contribution in [-0.2, 0) is 10.0 Å². The predicted molar refractivity (Wildman–Crippen MR) is 73.0 cm³/mol. The van der Waals surface area contributed by atoms with Crippen LogP contribution < -0.4 is 10.5 Å². The minimum absolute atomic E-state index is 0.00369. The molecule has 20 heavy (non-hydrogen) atoms. The summed E-state index contributed by atoms with van der Waals surface area (Å²) in [7, 11) is -4.26. The number of halogens is 3. The molecule has 0 bridgehead atoms. The fourth-order valence-corrected chi connectivity index (χ4v) is 3.01. The normalized spacial score (nSPS) is 11.3. The standard InChI is InChI=1S/C12H9ClF2N2O2S/c13-10-5-8(16)6-11(12(10)15)20(18,19)17-9-3-1-2-7(14)4-9/h1-6,17H,16H2. The molecule has 0 unspecified atom stereocenters. The topological polar surface area (TPSA) is 72.2 Å². The molecular weight excluding hydrogens is 310 g/mol. The molecule has 0 radical (unpaired) electrons. The van der Waals surface area contributed by atoms with Crippen LogP contribution in [0.4, 0.5) is 20.2 Å². The second-order valence-electron chi connectivity index (χ2n) is 3.93. The molecule has 2 aromatic rings. The van der Waals surface area contributed by atoms with E-state index >= 15 is 0 Å². The molecule has 0 spiro atoms. The number of hydrogen-bond acceptors (Lipinski definition) is 3. The number of rotatable bonds is 3. The second-order valence-corrected chi connectivity index (χ2v) is 5.99. The minimum atomic E-state index is -4.26. The van der Waals surface area contributed by atoms with Gasteiger partial charge in [0.1, 0.15) is 10.7 Å². The SMILES string of the molecule is Nc1cc(Cl)c(F)c(S(=O)(=O)Nc2cccc(F)c2)c1. The third kappa shape index (κ3) is 3.00. The highest BCUT2D eigenvalue weighted by Gasteiger charge is 2.22. The van der Waals surface area contributed by atoms with Gasteiger partial charge in [0, 0.05) is 5.69 Å². The Hall–Kier alpha value is -1.86. The Bertz CT molecular complexity index is 766. The number of anilines is 2. The first-order valence-electron chi connectivity index (χ1n) is 5.32. The molecule has 0 atom stereocenters. The van der Waals surface area contributed by atoms with Gasteiger partial charge in [0.05, 0.1) is 10.7 Å². The van der Waals surface area contributed by atoms with Crippen molar-refractivity contribution in [1.29, 1.82) is 0 Å². The van der Waals surface area contributed by atoms with Crippen LogP contribution in [0.5, 0.6) is 0 Å². The summed E-state index contributed by atoms with van der Waals surface area (Å²) in [4.78, 5) is -0.702. The van der Waals surface area contributed by atoms with Gasteiger partial charge in [-0.15, -0.1) is 0 Å². The van der Waals surface area contributed by atoms with Gasteiger partial charge in [-0.25, -0.2) is 17.2 Å². The molecule has 0 aliphatic rings. The van der Waals surface area contributed by atoms with Crippen LogP contribution in [0, 0.1) is 11.6 Å². The first-order chi connectivity index (χ1) is 9.29. The molecule has 0 heterocycles. The van der Waals surface area contributed by atoms with Crippen molar-refractivity contribution >= 4 is 33.0 Å². The van der Waals surface area contributed by atoms with Gasteiger partial charge in [0.25, 0.3) is 10.0 Å². The van der Waals surface area contributed by atoms with Crippen molar-refractivity contribution in [3.8, 4) is 0 Å². The summed E-state index contributed by atoms with van der Waals surface area (Å²) in [6.45, 7) is 0. The van der Waals surface area contributed by atoms with Crippen molar-refractivity contribution in [2.45, 2.75) is 4.90 Å². The Morgan fingerprint density at radius 3 is 2.50 bits per heavy atom. The van der Waals surface area contributed by atoms with E-state index in [0.29, 0.717) is 0 Å². The molecule has 0 aliphatic heterocycles. The van der Waals surface area contributed by atoms with Crippen LogP contribution in [0.1, 0.15) is 0 Å². The van der Waals surface area contributed by atoms with Gasteiger partial charge in [0.15, 0.2) is 5.82 Å². The maximum absolute atomic E-state index is 13.8. The van der Waals surface area contributed by atoms with Crippen LogP contribution in [0.3, 0.4) is 0 Å². The third-order valence-corrected chi connectivity index (χ3v) is 4.04. The lowest BCUT2D eigenvalue weighted by Gasteiger charge is -2.10.